The Hall–Kier alpha value is -1.57. The second-order valence-electron chi connectivity index (χ2n) is 10.8. The van der Waals surface area contributed by atoms with Crippen molar-refractivity contribution in [3.05, 3.63) is 35.4 Å². The summed E-state index contributed by atoms with van der Waals surface area (Å²) in [6.07, 6.45) is 14.0. The molecule has 4 aliphatic carbocycles. The average molecular weight is 393 g/mol. The highest BCUT2D eigenvalue weighted by Gasteiger charge is 2.60. The normalized spacial score (nSPS) is 42.9. The van der Waals surface area contributed by atoms with E-state index in [1.807, 2.05) is 12.1 Å². The number of rotatable bonds is 2. The number of allylic oxidation sites excluding steroid dienone is 1. The third kappa shape index (κ3) is 2.93. The van der Waals surface area contributed by atoms with Crippen LogP contribution in [-0.2, 0) is 4.79 Å². The van der Waals surface area contributed by atoms with Crippen LogP contribution in [-0.4, -0.2) is 12.9 Å². The van der Waals surface area contributed by atoms with Gasteiger partial charge in [0.1, 0.15) is 5.75 Å². The van der Waals surface area contributed by atoms with Crippen molar-refractivity contribution < 1.29 is 9.53 Å². The number of ether oxygens (including phenoxy) is 1. The van der Waals surface area contributed by atoms with Crippen LogP contribution >= 0.6 is 0 Å². The lowest BCUT2D eigenvalue weighted by atomic mass is 9.45. The van der Waals surface area contributed by atoms with Crippen LogP contribution in [0.15, 0.2) is 29.8 Å². The summed E-state index contributed by atoms with van der Waals surface area (Å²) in [4.78, 5) is 13.5. The number of ketones is 1. The molecule has 0 bridgehead atoms. The zero-order chi connectivity index (χ0) is 20.2. The number of methoxy groups -OCH3 is 1. The lowest BCUT2D eigenvalue weighted by Gasteiger charge is -2.59. The molecule has 156 valence electrons. The minimum absolute atomic E-state index is 0.128. The maximum atomic E-state index is 13.5. The molecule has 4 saturated carbocycles. The molecule has 0 amide bonds. The Morgan fingerprint density at radius 1 is 0.966 bits per heavy atom. The van der Waals surface area contributed by atoms with Gasteiger partial charge in [0.2, 0.25) is 0 Å². The molecular formula is C27H36O2. The lowest BCUT2D eigenvalue weighted by Crippen LogP contribution is -2.52. The fourth-order valence-corrected chi connectivity index (χ4v) is 8.00. The van der Waals surface area contributed by atoms with Crippen molar-refractivity contribution >= 4 is 11.9 Å². The van der Waals surface area contributed by atoms with E-state index in [0.717, 1.165) is 47.5 Å². The lowest BCUT2D eigenvalue weighted by molar-refractivity contribution is -0.137. The van der Waals surface area contributed by atoms with E-state index in [2.05, 4.69) is 32.1 Å². The van der Waals surface area contributed by atoms with Crippen molar-refractivity contribution in [3.8, 4) is 5.75 Å². The third-order valence-electron chi connectivity index (χ3n) is 9.68. The second kappa shape index (κ2) is 7.00. The molecule has 0 aliphatic heterocycles. The van der Waals surface area contributed by atoms with E-state index in [-0.39, 0.29) is 5.41 Å². The van der Waals surface area contributed by atoms with E-state index in [4.69, 9.17) is 4.74 Å². The Bertz CT molecular complexity index is 821. The van der Waals surface area contributed by atoms with Crippen molar-refractivity contribution in [2.24, 2.45) is 34.5 Å². The maximum absolute atomic E-state index is 13.5. The highest BCUT2D eigenvalue weighted by molar-refractivity contribution is 6.05. The van der Waals surface area contributed by atoms with Gasteiger partial charge in [-0.2, -0.15) is 0 Å². The van der Waals surface area contributed by atoms with Crippen molar-refractivity contribution in [2.75, 3.05) is 7.11 Å². The van der Waals surface area contributed by atoms with Gasteiger partial charge in [0.25, 0.3) is 0 Å². The Balaban J connectivity index is 1.43. The first kappa shape index (κ1) is 19.4. The first-order chi connectivity index (χ1) is 14.0. The van der Waals surface area contributed by atoms with E-state index < -0.39 is 0 Å². The van der Waals surface area contributed by atoms with E-state index in [1.54, 1.807) is 7.11 Å². The molecule has 5 rings (SSSR count). The second-order valence-corrected chi connectivity index (χ2v) is 10.8. The molecule has 6 unspecified atom stereocenters. The number of carbonyl (C=O) groups is 1. The minimum Gasteiger partial charge on any atom is -0.497 e. The van der Waals surface area contributed by atoms with Gasteiger partial charge >= 0.3 is 0 Å². The summed E-state index contributed by atoms with van der Waals surface area (Å²) in [5.41, 5.74) is 2.60. The summed E-state index contributed by atoms with van der Waals surface area (Å²) in [6, 6.07) is 8.12. The van der Waals surface area contributed by atoms with Crippen molar-refractivity contribution in [3.63, 3.8) is 0 Å². The third-order valence-corrected chi connectivity index (χ3v) is 9.68. The number of fused-ring (bicyclic) bond motifs is 5. The molecule has 0 heterocycles. The molecule has 29 heavy (non-hydrogen) atoms. The molecule has 1 aromatic carbocycles. The summed E-state index contributed by atoms with van der Waals surface area (Å²) >= 11 is 0. The molecule has 6 atom stereocenters. The number of carbonyl (C=O) groups excluding carboxylic acids is 1. The average Bonchev–Trinajstić information content (AvgIpc) is 2.99. The zero-order valence-electron chi connectivity index (χ0n) is 18.4. The van der Waals surface area contributed by atoms with Crippen molar-refractivity contribution in [1.29, 1.82) is 0 Å². The summed E-state index contributed by atoms with van der Waals surface area (Å²) in [7, 11) is 1.69. The van der Waals surface area contributed by atoms with Gasteiger partial charge in [-0.05, 0) is 103 Å². The molecule has 2 nitrogen and oxygen atoms in total. The SMILES string of the molecule is COc1ccc(/C=C2/CC3C4CCC5CCCCC5(C)C4CCC3(C)C2=O)cc1. The Morgan fingerprint density at radius 3 is 2.52 bits per heavy atom. The van der Waals surface area contributed by atoms with Gasteiger partial charge in [-0.3, -0.25) is 4.79 Å². The molecule has 4 aliphatic rings. The van der Waals surface area contributed by atoms with Gasteiger partial charge in [-0.15, -0.1) is 0 Å². The Labute approximate surface area is 176 Å². The van der Waals surface area contributed by atoms with Crippen LogP contribution in [0.3, 0.4) is 0 Å². The van der Waals surface area contributed by atoms with Crippen LogP contribution in [0, 0.1) is 34.5 Å². The van der Waals surface area contributed by atoms with Crippen molar-refractivity contribution in [2.45, 2.75) is 71.6 Å². The van der Waals surface area contributed by atoms with Crippen LogP contribution in [0.1, 0.15) is 77.2 Å². The smallest absolute Gasteiger partial charge is 0.165 e. The van der Waals surface area contributed by atoms with Gasteiger partial charge < -0.3 is 4.74 Å². The largest absolute Gasteiger partial charge is 0.497 e. The molecule has 0 radical (unpaired) electrons. The molecular weight excluding hydrogens is 356 g/mol. The quantitative estimate of drug-likeness (QED) is 0.524. The predicted octanol–water partition coefficient (Wildman–Crippen LogP) is 6.69. The van der Waals surface area contributed by atoms with Crippen LogP contribution in [0.5, 0.6) is 5.75 Å². The van der Waals surface area contributed by atoms with E-state index >= 15 is 0 Å². The summed E-state index contributed by atoms with van der Waals surface area (Å²) in [6.45, 7) is 4.90. The maximum Gasteiger partial charge on any atom is 0.165 e. The number of hydrogen-bond donors (Lipinski definition) is 0. The van der Waals surface area contributed by atoms with Gasteiger partial charge in [-0.1, -0.05) is 38.8 Å². The minimum atomic E-state index is -0.128. The van der Waals surface area contributed by atoms with E-state index in [1.165, 1.54) is 44.9 Å². The van der Waals surface area contributed by atoms with Crippen LogP contribution in [0.4, 0.5) is 0 Å². The molecule has 0 spiro atoms. The summed E-state index contributed by atoms with van der Waals surface area (Å²) in [5.74, 6) is 4.39. The summed E-state index contributed by atoms with van der Waals surface area (Å²) in [5, 5.41) is 0. The van der Waals surface area contributed by atoms with Crippen LogP contribution in [0.25, 0.3) is 6.08 Å². The first-order valence-corrected chi connectivity index (χ1v) is 11.8. The molecule has 1 aromatic rings. The monoisotopic (exact) mass is 392 g/mol. The highest BCUT2D eigenvalue weighted by atomic mass is 16.5. The molecule has 2 heteroatoms. The number of benzene rings is 1. The van der Waals surface area contributed by atoms with E-state index in [0.29, 0.717) is 17.1 Å². The van der Waals surface area contributed by atoms with Crippen LogP contribution in [0.2, 0.25) is 0 Å². The Morgan fingerprint density at radius 2 is 1.76 bits per heavy atom. The van der Waals surface area contributed by atoms with E-state index in [9.17, 15) is 4.79 Å². The molecule has 4 fully saturated rings. The zero-order valence-corrected chi connectivity index (χ0v) is 18.4. The highest BCUT2D eigenvalue weighted by Crippen LogP contribution is 2.66. The van der Waals surface area contributed by atoms with Gasteiger partial charge in [0.05, 0.1) is 7.11 Å². The predicted molar refractivity (Wildman–Crippen MR) is 118 cm³/mol. The van der Waals surface area contributed by atoms with Gasteiger partial charge in [0, 0.05) is 5.41 Å². The Kier molecular flexibility index (Phi) is 4.68. The summed E-state index contributed by atoms with van der Waals surface area (Å²) < 4.78 is 5.28. The molecule has 0 N–H and O–H groups in total. The van der Waals surface area contributed by atoms with Crippen LogP contribution < -0.4 is 4.74 Å². The van der Waals surface area contributed by atoms with Crippen molar-refractivity contribution in [1.82, 2.24) is 0 Å². The number of Topliss-reactive ketones (excluding diaryl/α,β-unsaturated/α-hetero) is 1. The van der Waals surface area contributed by atoms with Gasteiger partial charge in [-0.25, -0.2) is 0 Å². The molecule has 0 aromatic heterocycles. The molecule has 0 saturated heterocycles. The fourth-order valence-electron chi connectivity index (χ4n) is 8.00. The van der Waals surface area contributed by atoms with Gasteiger partial charge in [0.15, 0.2) is 5.78 Å². The first-order valence-electron chi connectivity index (χ1n) is 11.8. The fraction of sp³-hybridized carbons (Fsp3) is 0.667. The topological polar surface area (TPSA) is 26.3 Å². The number of hydrogen-bond acceptors (Lipinski definition) is 2. The standard InChI is InChI=1S/C27H36O2/c1-26-14-5-4-6-20(26)9-12-22-23(26)13-15-27(2)24(22)17-19(25(27)28)16-18-7-10-21(29-3)11-8-18/h7-8,10-11,16,20,22-24H,4-6,9,12-15,17H2,1-3H3/b19-16-.